The normalized spacial score (nSPS) is 19.1. The molecule has 0 heterocycles. The van der Waals surface area contributed by atoms with Gasteiger partial charge >= 0.3 is 0 Å². The molecule has 0 bridgehead atoms. The van der Waals surface area contributed by atoms with Gasteiger partial charge in [-0.05, 0) is 26.6 Å². The van der Waals surface area contributed by atoms with Crippen LogP contribution in [0.3, 0.4) is 0 Å². The standard InChI is InChI=1S/C6H15NOS/c1-6(2,3)7-9(4,5)8/h4H2,1-3,5H3,(H,7,8). The summed E-state index contributed by atoms with van der Waals surface area (Å²) in [5.41, 5.74) is -0.104. The number of rotatable bonds is 1. The highest BCUT2D eigenvalue weighted by Crippen LogP contribution is 1.99. The van der Waals surface area contributed by atoms with Gasteiger partial charge < -0.3 is 0 Å². The van der Waals surface area contributed by atoms with Gasteiger partial charge in [0.05, 0.1) is 0 Å². The summed E-state index contributed by atoms with van der Waals surface area (Å²) >= 11 is 0. The monoisotopic (exact) mass is 149 g/mol. The van der Waals surface area contributed by atoms with Crippen LogP contribution in [0.1, 0.15) is 20.8 Å². The van der Waals surface area contributed by atoms with E-state index in [1.807, 2.05) is 20.8 Å². The highest BCUT2D eigenvalue weighted by Gasteiger charge is 2.10. The Morgan fingerprint density at radius 1 is 1.44 bits per heavy atom. The molecule has 1 atom stereocenters. The molecule has 0 rings (SSSR count). The lowest BCUT2D eigenvalue weighted by atomic mass is 10.1. The summed E-state index contributed by atoms with van der Waals surface area (Å²) in [5.74, 6) is 3.47. The van der Waals surface area contributed by atoms with Gasteiger partial charge in [0.15, 0.2) is 0 Å². The van der Waals surface area contributed by atoms with Crippen molar-refractivity contribution in [3.63, 3.8) is 0 Å². The fourth-order valence-corrected chi connectivity index (χ4v) is 1.94. The maximum atomic E-state index is 11.0. The van der Waals surface area contributed by atoms with Crippen LogP contribution in [-0.4, -0.2) is 21.9 Å². The Kier molecular flexibility index (Phi) is 2.30. The number of nitrogens with one attached hydrogen (secondary N) is 1. The predicted molar refractivity (Wildman–Crippen MR) is 44.1 cm³/mol. The first-order chi connectivity index (χ1) is 3.71. The van der Waals surface area contributed by atoms with Crippen molar-refractivity contribution in [1.82, 2.24) is 4.72 Å². The van der Waals surface area contributed by atoms with E-state index in [9.17, 15) is 4.21 Å². The molecular formula is C6H15NOS. The maximum Gasteiger partial charge on any atom is 0.0224 e. The lowest BCUT2D eigenvalue weighted by Gasteiger charge is -2.20. The number of hydrogen-bond donors (Lipinski definition) is 1. The van der Waals surface area contributed by atoms with Crippen LogP contribution in [0.5, 0.6) is 0 Å². The Balaban J connectivity index is 4.07. The van der Waals surface area contributed by atoms with Crippen molar-refractivity contribution in [3.05, 3.63) is 0 Å². The molecule has 0 aromatic carbocycles. The van der Waals surface area contributed by atoms with E-state index in [1.165, 1.54) is 0 Å². The van der Waals surface area contributed by atoms with Gasteiger partial charge in [-0.25, -0.2) is 4.72 Å². The molecule has 2 nitrogen and oxygen atoms in total. The highest BCUT2D eigenvalue weighted by molar-refractivity contribution is 7.97. The van der Waals surface area contributed by atoms with Crippen molar-refractivity contribution in [2.45, 2.75) is 26.3 Å². The van der Waals surface area contributed by atoms with E-state index in [0.29, 0.717) is 0 Å². The van der Waals surface area contributed by atoms with Crippen LogP contribution < -0.4 is 4.72 Å². The largest absolute Gasteiger partial charge is 0.253 e. The molecule has 0 saturated heterocycles. The molecule has 0 spiro atoms. The summed E-state index contributed by atoms with van der Waals surface area (Å²) < 4.78 is 13.9. The van der Waals surface area contributed by atoms with Crippen molar-refractivity contribution in [1.29, 1.82) is 0 Å². The van der Waals surface area contributed by atoms with Gasteiger partial charge in [-0.1, -0.05) is 0 Å². The van der Waals surface area contributed by atoms with Crippen LogP contribution in [0.25, 0.3) is 0 Å². The minimum Gasteiger partial charge on any atom is -0.253 e. The summed E-state index contributed by atoms with van der Waals surface area (Å²) in [6, 6.07) is 0. The van der Waals surface area contributed by atoms with Crippen LogP contribution >= 0.6 is 0 Å². The van der Waals surface area contributed by atoms with Crippen LogP contribution in [0, 0.1) is 0 Å². The minimum absolute atomic E-state index is 0.104. The molecule has 9 heavy (non-hydrogen) atoms. The third-order valence-corrected chi connectivity index (χ3v) is 1.57. The average Bonchev–Trinajstić information content (AvgIpc) is 1.14. The number of hydrogen-bond acceptors (Lipinski definition) is 1. The van der Waals surface area contributed by atoms with Crippen molar-refractivity contribution in [2.75, 3.05) is 6.26 Å². The summed E-state index contributed by atoms with van der Waals surface area (Å²) in [4.78, 5) is 0. The molecule has 3 heteroatoms. The highest BCUT2D eigenvalue weighted by atomic mass is 32.2. The van der Waals surface area contributed by atoms with Crippen LogP contribution in [-0.2, 0) is 9.71 Å². The minimum atomic E-state index is -2.03. The predicted octanol–water partition coefficient (Wildman–Crippen LogP) is 0.636. The average molecular weight is 149 g/mol. The van der Waals surface area contributed by atoms with Gasteiger partial charge in [0, 0.05) is 21.5 Å². The van der Waals surface area contributed by atoms with E-state index in [-0.39, 0.29) is 5.54 Å². The van der Waals surface area contributed by atoms with E-state index in [4.69, 9.17) is 0 Å². The van der Waals surface area contributed by atoms with E-state index >= 15 is 0 Å². The zero-order valence-electron chi connectivity index (χ0n) is 6.52. The van der Waals surface area contributed by atoms with Crippen LogP contribution in [0.2, 0.25) is 0 Å². The van der Waals surface area contributed by atoms with E-state index in [1.54, 1.807) is 6.26 Å². The van der Waals surface area contributed by atoms with Gasteiger partial charge in [0.25, 0.3) is 0 Å². The molecule has 1 N–H and O–H groups in total. The maximum absolute atomic E-state index is 11.0. The van der Waals surface area contributed by atoms with Crippen molar-refractivity contribution in [3.8, 4) is 0 Å². The smallest absolute Gasteiger partial charge is 0.0224 e. The van der Waals surface area contributed by atoms with Crippen molar-refractivity contribution >= 4 is 15.6 Å². The quantitative estimate of drug-likeness (QED) is 0.544. The third-order valence-electron chi connectivity index (χ3n) is 0.522. The lowest BCUT2D eigenvalue weighted by Crippen LogP contribution is -2.39. The fourth-order valence-electron chi connectivity index (χ4n) is 0.648. The van der Waals surface area contributed by atoms with Gasteiger partial charge in [0.2, 0.25) is 0 Å². The lowest BCUT2D eigenvalue weighted by molar-refractivity contribution is 0.520. The summed E-state index contributed by atoms with van der Waals surface area (Å²) in [6.45, 7) is 5.88. The topological polar surface area (TPSA) is 29.1 Å². The summed E-state index contributed by atoms with van der Waals surface area (Å²) in [5, 5.41) is 0. The molecule has 0 saturated carbocycles. The zero-order chi connectivity index (χ0) is 7.71. The fraction of sp³-hybridized carbons (Fsp3) is 0.833. The molecule has 0 aromatic rings. The van der Waals surface area contributed by atoms with E-state index in [2.05, 4.69) is 10.6 Å². The Morgan fingerprint density at radius 3 is 1.78 bits per heavy atom. The first-order valence-corrected chi connectivity index (χ1v) is 4.95. The molecule has 0 aliphatic rings. The SMILES string of the molecule is C=S(C)(=O)NC(C)(C)C. The summed E-state index contributed by atoms with van der Waals surface area (Å²) in [6.07, 6.45) is 1.60. The molecular weight excluding hydrogens is 134 g/mol. The summed E-state index contributed by atoms with van der Waals surface area (Å²) in [7, 11) is -2.03. The van der Waals surface area contributed by atoms with Crippen LogP contribution in [0.4, 0.5) is 0 Å². The molecule has 0 amide bonds. The van der Waals surface area contributed by atoms with E-state index < -0.39 is 9.71 Å². The molecule has 0 aromatic heterocycles. The van der Waals surface area contributed by atoms with Crippen molar-refractivity contribution < 1.29 is 4.21 Å². The van der Waals surface area contributed by atoms with Gasteiger partial charge in [-0.3, -0.25) is 4.21 Å². The second-order valence-corrected chi connectivity index (χ2v) is 5.57. The molecule has 56 valence electrons. The molecule has 0 fully saturated rings. The van der Waals surface area contributed by atoms with Crippen molar-refractivity contribution in [2.24, 2.45) is 0 Å². The molecule has 0 radical (unpaired) electrons. The second kappa shape index (κ2) is 2.31. The Morgan fingerprint density at radius 2 is 1.78 bits per heavy atom. The molecule has 0 aliphatic heterocycles. The first kappa shape index (κ1) is 8.98. The van der Waals surface area contributed by atoms with Crippen LogP contribution in [0.15, 0.2) is 0 Å². The molecule has 0 aliphatic carbocycles. The first-order valence-electron chi connectivity index (χ1n) is 2.82. The van der Waals surface area contributed by atoms with E-state index in [0.717, 1.165) is 0 Å². The van der Waals surface area contributed by atoms with Gasteiger partial charge in [-0.15, -0.1) is 0 Å². The third kappa shape index (κ3) is 7.98. The Bertz CT molecular complexity index is 174. The van der Waals surface area contributed by atoms with Gasteiger partial charge in [0.1, 0.15) is 0 Å². The molecule has 1 unspecified atom stereocenters. The Labute approximate surface area is 57.8 Å². The Hall–Kier alpha value is -0.0200. The van der Waals surface area contributed by atoms with Gasteiger partial charge in [-0.2, -0.15) is 0 Å². The zero-order valence-corrected chi connectivity index (χ0v) is 7.34. The second-order valence-electron chi connectivity index (χ2n) is 3.36.